The van der Waals surface area contributed by atoms with Gasteiger partial charge in [0.25, 0.3) is 10.0 Å². The highest BCUT2D eigenvalue weighted by Gasteiger charge is 2.34. The number of aryl methyl sites for hydroxylation is 1. The third-order valence-corrected chi connectivity index (χ3v) is 8.42. The van der Waals surface area contributed by atoms with E-state index >= 15 is 0 Å². The van der Waals surface area contributed by atoms with E-state index in [9.17, 15) is 18.0 Å². The molecular weight excluding hydrogens is 533 g/mol. The third kappa shape index (κ3) is 6.63. The number of carbonyl (C=O) groups excluding carboxylic acids is 2. The molecule has 1 N–H and O–H groups in total. The van der Waals surface area contributed by atoms with E-state index < -0.39 is 28.5 Å². The van der Waals surface area contributed by atoms with Crippen molar-refractivity contribution < 1.29 is 18.0 Å². The average Bonchev–Trinajstić information content (AvgIpc) is 2.88. The topological polar surface area (TPSA) is 86.8 Å². The highest BCUT2D eigenvalue weighted by molar-refractivity contribution is 7.92. The van der Waals surface area contributed by atoms with Crippen LogP contribution in [0.15, 0.2) is 77.7 Å². The molecule has 0 saturated heterocycles. The monoisotopic (exact) mass is 561 g/mol. The number of hydrogen-bond donors (Lipinski definition) is 1. The number of nitrogens with one attached hydrogen (secondary N) is 1. The van der Waals surface area contributed by atoms with E-state index in [-0.39, 0.29) is 17.3 Å². The van der Waals surface area contributed by atoms with E-state index in [1.807, 2.05) is 13.0 Å². The first-order chi connectivity index (χ1) is 17.6. The van der Waals surface area contributed by atoms with Crippen molar-refractivity contribution in [3.8, 4) is 0 Å². The van der Waals surface area contributed by atoms with E-state index in [2.05, 4.69) is 5.32 Å². The molecule has 3 rings (SSSR count). The first-order valence-corrected chi connectivity index (χ1v) is 13.9. The Morgan fingerprint density at radius 3 is 2.14 bits per heavy atom. The fourth-order valence-electron chi connectivity index (χ4n) is 3.97. The lowest BCUT2D eigenvalue weighted by Gasteiger charge is -2.33. The van der Waals surface area contributed by atoms with E-state index in [0.29, 0.717) is 27.7 Å². The van der Waals surface area contributed by atoms with Crippen molar-refractivity contribution in [1.82, 2.24) is 10.2 Å². The van der Waals surface area contributed by atoms with Gasteiger partial charge in [-0.2, -0.15) is 0 Å². The lowest BCUT2D eigenvalue weighted by atomic mass is 10.1. The molecule has 0 heterocycles. The van der Waals surface area contributed by atoms with Crippen LogP contribution in [0.1, 0.15) is 24.5 Å². The molecule has 7 nitrogen and oxygen atoms in total. The standard InChI is InChI=1S/C27H29Cl2N3O4S/c1-4-25(27(34)30-3)31(17-22-23(28)14-9-15-24(22)29)26(33)18-32(20-11-8-10-19(2)16-20)37(35,36)21-12-6-5-7-13-21/h5-16,25H,4,17-18H2,1-3H3,(H,30,34)/t25-/m1/s1. The van der Waals surface area contributed by atoms with Crippen LogP contribution < -0.4 is 9.62 Å². The van der Waals surface area contributed by atoms with Gasteiger partial charge in [0.05, 0.1) is 10.6 Å². The maximum absolute atomic E-state index is 13.9. The lowest BCUT2D eigenvalue weighted by molar-refractivity contribution is -0.140. The Morgan fingerprint density at radius 2 is 1.57 bits per heavy atom. The minimum absolute atomic E-state index is 0.0448. The number of sulfonamides is 1. The van der Waals surface area contributed by atoms with Crippen LogP contribution in [0.3, 0.4) is 0 Å². The van der Waals surface area contributed by atoms with Gasteiger partial charge < -0.3 is 10.2 Å². The number of anilines is 1. The molecule has 37 heavy (non-hydrogen) atoms. The Hall–Kier alpha value is -3.07. The molecule has 0 fully saturated rings. The molecule has 10 heteroatoms. The number of halogens is 2. The van der Waals surface area contributed by atoms with Crippen LogP contribution in [0.5, 0.6) is 0 Å². The van der Waals surface area contributed by atoms with Crippen LogP contribution in [0.2, 0.25) is 10.0 Å². The Labute approximate surface area is 228 Å². The number of rotatable bonds is 10. The molecule has 0 saturated carbocycles. The number of hydrogen-bond acceptors (Lipinski definition) is 4. The zero-order chi connectivity index (χ0) is 27.2. The van der Waals surface area contributed by atoms with Crippen LogP contribution >= 0.6 is 23.2 Å². The molecule has 2 amide bonds. The molecule has 0 unspecified atom stereocenters. The van der Waals surface area contributed by atoms with Gasteiger partial charge in [0.2, 0.25) is 11.8 Å². The second kappa shape index (κ2) is 12.4. The summed E-state index contributed by atoms with van der Waals surface area (Å²) in [5, 5.41) is 3.26. The van der Waals surface area contributed by atoms with Gasteiger partial charge in [0.15, 0.2) is 0 Å². The molecule has 0 aliphatic carbocycles. The van der Waals surface area contributed by atoms with Crippen LogP contribution in [-0.4, -0.2) is 44.8 Å². The van der Waals surface area contributed by atoms with Crippen molar-refractivity contribution >= 4 is 50.7 Å². The number of likely N-dealkylation sites (N-methyl/N-ethyl adjacent to an activating group) is 1. The predicted molar refractivity (Wildman–Crippen MR) is 147 cm³/mol. The summed E-state index contributed by atoms with van der Waals surface area (Å²) < 4.78 is 28.5. The molecule has 3 aromatic rings. The van der Waals surface area contributed by atoms with Crippen LogP contribution in [-0.2, 0) is 26.2 Å². The van der Waals surface area contributed by atoms with Gasteiger partial charge in [-0.3, -0.25) is 13.9 Å². The summed E-state index contributed by atoms with van der Waals surface area (Å²) in [4.78, 5) is 28.0. The lowest BCUT2D eigenvalue weighted by Crippen LogP contribution is -2.51. The Morgan fingerprint density at radius 1 is 0.946 bits per heavy atom. The molecule has 3 aromatic carbocycles. The summed E-state index contributed by atoms with van der Waals surface area (Å²) in [5.74, 6) is -0.959. The van der Waals surface area contributed by atoms with E-state index in [1.165, 1.54) is 24.1 Å². The van der Waals surface area contributed by atoms with Crippen molar-refractivity contribution in [2.24, 2.45) is 0 Å². The molecule has 1 atom stereocenters. The summed E-state index contributed by atoms with van der Waals surface area (Å²) in [7, 11) is -2.63. The number of benzene rings is 3. The smallest absolute Gasteiger partial charge is 0.264 e. The summed E-state index contributed by atoms with van der Waals surface area (Å²) in [5.41, 5.74) is 1.63. The van der Waals surface area contributed by atoms with Gasteiger partial charge >= 0.3 is 0 Å². The Balaban J connectivity index is 2.09. The van der Waals surface area contributed by atoms with Gasteiger partial charge in [-0.1, -0.05) is 66.5 Å². The summed E-state index contributed by atoms with van der Waals surface area (Å²) >= 11 is 12.8. The summed E-state index contributed by atoms with van der Waals surface area (Å²) in [6, 6.07) is 18.9. The van der Waals surface area contributed by atoms with Crippen molar-refractivity contribution in [3.63, 3.8) is 0 Å². The number of nitrogens with zero attached hydrogens (tertiary/aromatic N) is 2. The van der Waals surface area contributed by atoms with E-state index in [1.54, 1.807) is 61.5 Å². The zero-order valence-electron chi connectivity index (χ0n) is 20.8. The third-order valence-electron chi connectivity index (χ3n) is 5.92. The second-order valence-corrected chi connectivity index (χ2v) is 11.1. The Bertz CT molecular complexity index is 1350. The normalized spacial score (nSPS) is 12.0. The molecule has 0 aliphatic heterocycles. The molecule has 0 spiro atoms. The minimum atomic E-state index is -4.11. The first kappa shape index (κ1) is 28.5. The van der Waals surface area contributed by atoms with E-state index in [0.717, 1.165) is 9.87 Å². The van der Waals surface area contributed by atoms with Crippen molar-refractivity contribution in [2.75, 3.05) is 17.9 Å². The highest BCUT2D eigenvalue weighted by atomic mass is 35.5. The van der Waals surface area contributed by atoms with Gasteiger partial charge in [0.1, 0.15) is 12.6 Å². The number of carbonyl (C=O) groups is 2. The van der Waals surface area contributed by atoms with Gasteiger partial charge in [-0.05, 0) is 55.3 Å². The maximum Gasteiger partial charge on any atom is 0.264 e. The molecule has 0 aromatic heterocycles. The van der Waals surface area contributed by atoms with Gasteiger partial charge in [-0.25, -0.2) is 8.42 Å². The molecular formula is C27H29Cl2N3O4S. The average molecular weight is 563 g/mol. The number of amides is 2. The van der Waals surface area contributed by atoms with Gasteiger partial charge in [0, 0.05) is 29.2 Å². The molecule has 0 aliphatic rings. The molecule has 0 radical (unpaired) electrons. The largest absolute Gasteiger partial charge is 0.357 e. The first-order valence-electron chi connectivity index (χ1n) is 11.7. The minimum Gasteiger partial charge on any atom is -0.357 e. The molecule has 0 bridgehead atoms. The van der Waals surface area contributed by atoms with Crippen LogP contribution in [0, 0.1) is 6.92 Å². The van der Waals surface area contributed by atoms with Crippen molar-refractivity contribution in [2.45, 2.75) is 37.8 Å². The van der Waals surface area contributed by atoms with Crippen molar-refractivity contribution in [3.05, 3.63) is 94.0 Å². The van der Waals surface area contributed by atoms with Crippen LogP contribution in [0.4, 0.5) is 5.69 Å². The van der Waals surface area contributed by atoms with Gasteiger partial charge in [-0.15, -0.1) is 0 Å². The fourth-order valence-corrected chi connectivity index (χ4v) is 5.92. The van der Waals surface area contributed by atoms with E-state index in [4.69, 9.17) is 23.2 Å². The maximum atomic E-state index is 13.9. The highest BCUT2D eigenvalue weighted by Crippen LogP contribution is 2.29. The SMILES string of the molecule is CC[C@H](C(=O)NC)N(Cc1c(Cl)cccc1Cl)C(=O)CN(c1cccc(C)c1)S(=O)(=O)c1ccccc1. The summed E-state index contributed by atoms with van der Waals surface area (Å²) in [6.07, 6.45) is 0.295. The summed E-state index contributed by atoms with van der Waals surface area (Å²) in [6.45, 7) is 3.00. The zero-order valence-corrected chi connectivity index (χ0v) is 23.1. The van der Waals surface area contributed by atoms with Crippen LogP contribution in [0.25, 0.3) is 0 Å². The van der Waals surface area contributed by atoms with Crippen molar-refractivity contribution in [1.29, 1.82) is 0 Å². The Kier molecular flexibility index (Phi) is 9.59. The fraction of sp³-hybridized carbons (Fsp3) is 0.259. The second-order valence-electron chi connectivity index (χ2n) is 8.42. The quantitative estimate of drug-likeness (QED) is 0.375. The predicted octanol–water partition coefficient (Wildman–Crippen LogP) is 5.05. The molecule has 196 valence electrons.